The predicted molar refractivity (Wildman–Crippen MR) is 161 cm³/mol. The van der Waals surface area contributed by atoms with E-state index in [2.05, 4.69) is 20.9 Å². The number of aromatic nitrogens is 4. The molecule has 43 heavy (non-hydrogen) atoms. The maximum Gasteiger partial charge on any atom is 0.203 e. The minimum absolute atomic E-state index is 0.0424. The van der Waals surface area contributed by atoms with Crippen molar-refractivity contribution in [3.05, 3.63) is 93.4 Å². The van der Waals surface area contributed by atoms with E-state index in [1.54, 1.807) is 29.0 Å². The summed E-state index contributed by atoms with van der Waals surface area (Å²) in [5.74, 6) is -0.821. The minimum Gasteiger partial charge on any atom is -0.458 e. The van der Waals surface area contributed by atoms with Gasteiger partial charge in [0.1, 0.15) is 52.2 Å². The summed E-state index contributed by atoms with van der Waals surface area (Å²) in [7, 11) is 0. The molecule has 5 heterocycles. The smallest absolute Gasteiger partial charge is 0.203 e. The average Bonchev–Trinajstić information content (AvgIpc) is 3.62. The number of halogens is 2. The van der Waals surface area contributed by atoms with E-state index < -0.39 is 23.1 Å². The van der Waals surface area contributed by atoms with E-state index in [0.717, 1.165) is 24.5 Å². The second-order valence-corrected chi connectivity index (χ2v) is 11.5. The summed E-state index contributed by atoms with van der Waals surface area (Å²) in [6.07, 6.45) is 1.35. The standard InChI is InChI=1S/C31H26F2N6O3S/c1-17(29-24(18-4-2-5-19(32)14-18)28(40)25-21(33)6-3-7-22(25)42-29)39-31-26(30(34)35-16-36-31)27(37-39)23-9-8-20(43-23)15-38-10-12-41-13-11-38/h2-9,14,16-17H,10-13,15H2,1H3,(H2,34,35,36). The molecular weight excluding hydrogens is 574 g/mol. The number of morpholine rings is 1. The summed E-state index contributed by atoms with van der Waals surface area (Å²) < 4.78 is 42.6. The highest BCUT2D eigenvalue weighted by molar-refractivity contribution is 7.15. The van der Waals surface area contributed by atoms with E-state index in [1.807, 2.05) is 6.07 Å². The molecule has 1 aliphatic rings. The Morgan fingerprint density at radius 3 is 2.67 bits per heavy atom. The molecule has 4 aromatic heterocycles. The third-order valence-corrected chi connectivity index (χ3v) is 8.73. The molecule has 1 aliphatic heterocycles. The molecular formula is C31H26F2N6O3S. The Bertz CT molecular complexity index is 2050. The van der Waals surface area contributed by atoms with Gasteiger partial charge in [-0.15, -0.1) is 11.3 Å². The Balaban J connectivity index is 1.39. The maximum absolute atomic E-state index is 14.9. The van der Waals surface area contributed by atoms with Crippen LogP contribution in [0.25, 0.3) is 43.7 Å². The Morgan fingerprint density at radius 2 is 1.86 bits per heavy atom. The van der Waals surface area contributed by atoms with Crippen LogP contribution in [0.1, 0.15) is 23.6 Å². The molecule has 1 atom stereocenters. The molecule has 12 heteroatoms. The molecule has 0 spiro atoms. The number of fused-ring (bicyclic) bond motifs is 2. The number of nitrogens with two attached hydrogens (primary N) is 1. The lowest BCUT2D eigenvalue weighted by atomic mass is 9.99. The van der Waals surface area contributed by atoms with Gasteiger partial charge in [-0.3, -0.25) is 9.69 Å². The molecule has 0 bridgehead atoms. The normalized spacial score (nSPS) is 15.0. The van der Waals surface area contributed by atoms with E-state index >= 15 is 0 Å². The zero-order valence-corrected chi connectivity index (χ0v) is 23.9. The van der Waals surface area contributed by atoms with Crippen LogP contribution < -0.4 is 11.2 Å². The second-order valence-electron chi connectivity index (χ2n) is 10.4. The van der Waals surface area contributed by atoms with Gasteiger partial charge in [-0.2, -0.15) is 5.10 Å². The first-order valence-corrected chi connectivity index (χ1v) is 14.6. The van der Waals surface area contributed by atoms with Gasteiger partial charge in [0.15, 0.2) is 5.65 Å². The van der Waals surface area contributed by atoms with Gasteiger partial charge in [-0.05, 0) is 48.9 Å². The number of ether oxygens (including phenoxy) is 1. The van der Waals surface area contributed by atoms with Crippen molar-refractivity contribution in [2.24, 2.45) is 0 Å². The summed E-state index contributed by atoms with van der Waals surface area (Å²) in [5.41, 5.74) is 7.18. The average molecular weight is 601 g/mol. The monoisotopic (exact) mass is 600 g/mol. The van der Waals surface area contributed by atoms with Crippen molar-refractivity contribution >= 4 is 39.2 Å². The summed E-state index contributed by atoms with van der Waals surface area (Å²) in [6.45, 7) is 5.77. The minimum atomic E-state index is -0.725. The van der Waals surface area contributed by atoms with Gasteiger partial charge >= 0.3 is 0 Å². The topological polar surface area (TPSA) is 112 Å². The van der Waals surface area contributed by atoms with Gasteiger partial charge in [-0.25, -0.2) is 23.4 Å². The van der Waals surface area contributed by atoms with Gasteiger partial charge in [-0.1, -0.05) is 18.2 Å². The van der Waals surface area contributed by atoms with Gasteiger partial charge in [0.05, 0.1) is 29.0 Å². The first-order valence-electron chi connectivity index (χ1n) is 13.8. The number of thiophene rings is 1. The molecule has 1 fully saturated rings. The fourth-order valence-electron chi connectivity index (χ4n) is 5.55. The highest BCUT2D eigenvalue weighted by Crippen LogP contribution is 2.38. The van der Waals surface area contributed by atoms with E-state index in [0.29, 0.717) is 29.9 Å². The van der Waals surface area contributed by atoms with Gasteiger partial charge < -0.3 is 14.9 Å². The van der Waals surface area contributed by atoms with E-state index in [1.165, 1.54) is 47.6 Å². The lowest BCUT2D eigenvalue weighted by molar-refractivity contribution is 0.0346. The summed E-state index contributed by atoms with van der Waals surface area (Å²) in [5, 5.41) is 5.30. The van der Waals surface area contributed by atoms with Crippen molar-refractivity contribution < 1.29 is 17.9 Å². The first-order chi connectivity index (χ1) is 20.9. The number of rotatable bonds is 6. The summed E-state index contributed by atoms with van der Waals surface area (Å²) in [6, 6.07) is 13.1. The Kier molecular flexibility index (Phi) is 6.96. The number of nitrogens with zero attached hydrogens (tertiary/aromatic N) is 5. The zero-order valence-electron chi connectivity index (χ0n) is 23.1. The molecule has 9 nitrogen and oxygen atoms in total. The van der Waals surface area contributed by atoms with Crippen LogP contribution in [0.2, 0.25) is 0 Å². The van der Waals surface area contributed by atoms with Crippen molar-refractivity contribution in [1.82, 2.24) is 24.6 Å². The van der Waals surface area contributed by atoms with Crippen LogP contribution in [0, 0.1) is 11.6 Å². The van der Waals surface area contributed by atoms with Crippen LogP contribution in [0.15, 0.2) is 70.1 Å². The first kappa shape index (κ1) is 27.3. The Morgan fingerprint density at radius 1 is 1.05 bits per heavy atom. The Labute approximate surface area is 248 Å². The molecule has 0 radical (unpaired) electrons. The molecule has 1 unspecified atom stereocenters. The molecule has 2 N–H and O–H groups in total. The van der Waals surface area contributed by atoms with Crippen molar-refractivity contribution in [2.75, 3.05) is 32.0 Å². The summed E-state index contributed by atoms with van der Waals surface area (Å²) in [4.78, 5) is 26.9. The van der Waals surface area contributed by atoms with Crippen LogP contribution >= 0.6 is 11.3 Å². The number of hydrogen-bond acceptors (Lipinski definition) is 9. The maximum atomic E-state index is 14.9. The quantitative estimate of drug-likeness (QED) is 0.262. The van der Waals surface area contributed by atoms with Crippen LogP contribution in [-0.4, -0.2) is 51.0 Å². The number of anilines is 1. The highest BCUT2D eigenvalue weighted by atomic mass is 32.1. The van der Waals surface area contributed by atoms with Crippen LogP contribution in [0.3, 0.4) is 0 Å². The van der Waals surface area contributed by atoms with Crippen molar-refractivity contribution in [3.63, 3.8) is 0 Å². The second kappa shape index (κ2) is 11.0. The molecule has 218 valence electrons. The van der Waals surface area contributed by atoms with Crippen LogP contribution in [-0.2, 0) is 11.3 Å². The number of hydrogen-bond donors (Lipinski definition) is 1. The molecule has 2 aromatic carbocycles. The lowest BCUT2D eigenvalue weighted by Crippen LogP contribution is -2.35. The highest BCUT2D eigenvalue weighted by Gasteiger charge is 2.28. The molecule has 0 aliphatic carbocycles. The van der Waals surface area contributed by atoms with E-state index in [4.69, 9.17) is 20.0 Å². The fraction of sp³-hybridized carbons (Fsp3) is 0.226. The third-order valence-electron chi connectivity index (χ3n) is 7.65. The number of nitrogen functional groups attached to an aromatic ring is 1. The molecule has 1 saturated heterocycles. The SMILES string of the molecule is CC(c1oc2cccc(F)c2c(=O)c1-c1cccc(F)c1)n1nc(-c2ccc(CN3CCOCC3)s2)c2c(N)ncnc21. The van der Waals surface area contributed by atoms with Gasteiger partial charge in [0.25, 0.3) is 0 Å². The van der Waals surface area contributed by atoms with E-state index in [-0.39, 0.29) is 33.7 Å². The van der Waals surface area contributed by atoms with Crippen molar-refractivity contribution in [1.29, 1.82) is 0 Å². The third kappa shape index (κ3) is 4.86. The lowest BCUT2D eigenvalue weighted by Gasteiger charge is -2.25. The summed E-state index contributed by atoms with van der Waals surface area (Å²) >= 11 is 1.61. The van der Waals surface area contributed by atoms with Crippen molar-refractivity contribution in [3.8, 4) is 21.7 Å². The number of benzene rings is 2. The van der Waals surface area contributed by atoms with Gasteiger partial charge in [0, 0.05) is 24.5 Å². The molecule has 6 aromatic rings. The Hall–Kier alpha value is -4.52. The van der Waals surface area contributed by atoms with Crippen molar-refractivity contribution in [2.45, 2.75) is 19.5 Å². The fourth-order valence-corrected chi connectivity index (χ4v) is 6.59. The van der Waals surface area contributed by atoms with Gasteiger partial charge in [0.2, 0.25) is 5.43 Å². The van der Waals surface area contributed by atoms with E-state index in [9.17, 15) is 13.6 Å². The molecule has 0 amide bonds. The zero-order chi connectivity index (χ0) is 29.7. The van der Waals surface area contributed by atoms with Crippen LogP contribution in [0.4, 0.5) is 14.6 Å². The molecule has 0 saturated carbocycles. The largest absolute Gasteiger partial charge is 0.458 e. The predicted octanol–water partition coefficient (Wildman–Crippen LogP) is 5.63. The molecule has 7 rings (SSSR count). The van der Waals surface area contributed by atoms with Crippen LogP contribution in [0.5, 0.6) is 0 Å².